The van der Waals surface area contributed by atoms with E-state index in [0.29, 0.717) is 0 Å². The van der Waals surface area contributed by atoms with Crippen LogP contribution >= 0.6 is 0 Å². The van der Waals surface area contributed by atoms with Crippen molar-refractivity contribution in [2.45, 2.75) is 0 Å². The summed E-state index contributed by atoms with van der Waals surface area (Å²) in [6, 6.07) is 49.9. The number of imidazole rings is 1. The zero-order valence-electron chi connectivity index (χ0n) is 25.1. The van der Waals surface area contributed by atoms with E-state index in [2.05, 4.69) is 148 Å². The summed E-state index contributed by atoms with van der Waals surface area (Å²) in [5.41, 5.74) is 8.93. The van der Waals surface area contributed by atoms with Gasteiger partial charge in [-0.15, -0.1) is 0 Å². The first-order valence-electron chi connectivity index (χ1n) is 15.6. The zero-order valence-corrected chi connectivity index (χ0v) is 25.1. The van der Waals surface area contributed by atoms with Gasteiger partial charge in [0.15, 0.2) is 0 Å². The molecule has 0 aliphatic heterocycles. The molecule has 0 bridgehead atoms. The van der Waals surface area contributed by atoms with Crippen LogP contribution in [0.2, 0.25) is 0 Å². The molecular weight excluding hydrogens is 562 g/mol. The normalized spacial score (nSPS) is 12.0. The van der Waals surface area contributed by atoms with Crippen molar-refractivity contribution in [2.24, 2.45) is 7.05 Å². The summed E-state index contributed by atoms with van der Waals surface area (Å²) in [5, 5.41) is 7.32. The quantitative estimate of drug-likeness (QED) is 0.206. The molecule has 0 radical (unpaired) electrons. The Bertz CT molecular complexity index is 2820. The minimum absolute atomic E-state index is 0.905. The van der Waals surface area contributed by atoms with Gasteiger partial charge in [0.05, 0.1) is 33.1 Å². The fourth-order valence-corrected chi connectivity index (χ4v) is 7.42. The Morgan fingerprint density at radius 3 is 2.07 bits per heavy atom. The van der Waals surface area contributed by atoms with Crippen LogP contribution in [0.5, 0.6) is 0 Å². The first kappa shape index (κ1) is 25.2. The molecule has 10 rings (SSSR count). The van der Waals surface area contributed by atoms with Gasteiger partial charge in [0.2, 0.25) is 0 Å². The van der Waals surface area contributed by atoms with Gasteiger partial charge in [-0.25, -0.2) is 9.97 Å². The average molecular weight is 590 g/mol. The molecule has 0 spiro atoms. The maximum atomic E-state index is 5.05. The number of hydrogen-bond donors (Lipinski definition) is 0. The van der Waals surface area contributed by atoms with E-state index in [1.54, 1.807) is 0 Å². The van der Waals surface area contributed by atoms with Crippen molar-refractivity contribution in [2.75, 3.05) is 0 Å². The number of rotatable bonds is 3. The van der Waals surface area contributed by atoms with E-state index < -0.39 is 0 Å². The second kappa shape index (κ2) is 9.40. The van der Waals surface area contributed by atoms with Gasteiger partial charge in [0.1, 0.15) is 11.6 Å². The van der Waals surface area contributed by atoms with Crippen LogP contribution in [0.15, 0.2) is 146 Å². The molecule has 5 heteroatoms. The van der Waals surface area contributed by atoms with Gasteiger partial charge in [0.25, 0.3) is 0 Å². The fraction of sp³-hybridized carbons (Fsp3) is 0.0244. The van der Waals surface area contributed by atoms with Crippen LogP contribution < -0.4 is 0 Å². The second-order valence-corrected chi connectivity index (χ2v) is 12.0. The molecule has 4 heterocycles. The van der Waals surface area contributed by atoms with Crippen LogP contribution in [0.3, 0.4) is 0 Å². The van der Waals surface area contributed by atoms with E-state index in [9.17, 15) is 0 Å². The lowest BCUT2D eigenvalue weighted by Crippen LogP contribution is -1.99. The highest BCUT2D eigenvalue weighted by atomic mass is 15.1. The number of nitrogens with zero attached hydrogens (tertiary/aromatic N) is 5. The molecule has 0 unspecified atom stereocenters. The molecule has 0 aliphatic rings. The summed E-state index contributed by atoms with van der Waals surface area (Å²) in [4.78, 5) is 9.82. The SMILES string of the molecule is Cn1c(-c2ccc3c4ccc5ccccc5c4n(-c4ccc5c6ccccc6n(-c6ccccn6)c5c4)c3c2)nc2ccccc21. The Hall–Kier alpha value is -6.20. The maximum Gasteiger partial charge on any atom is 0.140 e. The lowest BCUT2D eigenvalue weighted by atomic mass is 10.1. The smallest absolute Gasteiger partial charge is 0.140 e. The predicted octanol–water partition coefficient (Wildman–Crippen LogP) is 9.98. The Morgan fingerprint density at radius 2 is 1.20 bits per heavy atom. The van der Waals surface area contributed by atoms with Gasteiger partial charge in [0, 0.05) is 51.4 Å². The van der Waals surface area contributed by atoms with Crippen molar-refractivity contribution in [3.63, 3.8) is 0 Å². The minimum Gasteiger partial charge on any atom is -0.327 e. The van der Waals surface area contributed by atoms with Crippen molar-refractivity contribution >= 4 is 65.4 Å². The Labute approximate surface area is 264 Å². The molecule has 0 saturated heterocycles. The first-order chi connectivity index (χ1) is 22.7. The van der Waals surface area contributed by atoms with Gasteiger partial charge in [-0.3, -0.25) is 4.57 Å². The second-order valence-electron chi connectivity index (χ2n) is 12.0. The van der Waals surface area contributed by atoms with E-state index >= 15 is 0 Å². The van der Waals surface area contributed by atoms with Crippen molar-refractivity contribution in [3.8, 4) is 22.9 Å². The number of benzene rings is 6. The third-order valence-corrected chi connectivity index (χ3v) is 9.49. The molecule has 0 amide bonds. The molecule has 46 heavy (non-hydrogen) atoms. The van der Waals surface area contributed by atoms with Crippen LogP contribution in [-0.2, 0) is 7.05 Å². The van der Waals surface area contributed by atoms with Crippen molar-refractivity contribution in [1.82, 2.24) is 23.7 Å². The van der Waals surface area contributed by atoms with Gasteiger partial charge < -0.3 is 9.13 Å². The molecule has 0 atom stereocenters. The number of aromatic nitrogens is 5. The summed E-state index contributed by atoms with van der Waals surface area (Å²) >= 11 is 0. The maximum absolute atomic E-state index is 5.05. The number of hydrogen-bond acceptors (Lipinski definition) is 2. The van der Waals surface area contributed by atoms with Crippen LogP contribution in [0, 0.1) is 0 Å². The highest BCUT2D eigenvalue weighted by molar-refractivity contribution is 6.19. The van der Waals surface area contributed by atoms with E-state index in [1.807, 2.05) is 18.3 Å². The van der Waals surface area contributed by atoms with Gasteiger partial charge in [-0.2, -0.15) is 0 Å². The summed E-state index contributed by atoms with van der Waals surface area (Å²) < 4.78 is 6.92. The third kappa shape index (κ3) is 3.45. The molecule has 4 aromatic heterocycles. The van der Waals surface area contributed by atoms with E-state index in [1.165, 1.54) is 37.8 Å². The highest BCUT2D eigenvalue weighted by Gasteiger charge is 2.20. The predicted molar refractivity (Wildman–Crippen MR) is 190 cm³/mol. The van der Waals surface area contributed by atoms with Crippen LogP contribution in [-0.4, -0.2) is 23.7 Å². The highest BCUT2D eigenvalue weighted by Crippen LogP contribution is 2.40. The largest absolute Gasteiger partial charge is 0.327 e. The summed E-state index contributed by atoms with van der Waals surface area (Å²) in [6.45, 7) is 0. The van der Waals surface area contributed by atoms with Crippen molar-refractivity contribution in [1.29, 1.82) is 0 Å². The van der Waals surface area contributed by atoms with Crippen LogP contribution in [0.4, 0.5) is 0 Å². The Balaban J connectivity index is 1.33. The average Bonchev–Trinajstić information content (AvgIpc) is 3.75. The van der Waals surface area contributed by atoms with Crippen LogP contribution in [0.1, 0.15) is 0 Å². The van der Waals surface area contributed by atoms with Gasteiger partial charge in [-0.1, -0.05) is 91.0 Å². The number of fused-ring (bicyclic) bond motifs is 9. The summed E-state index contributed by atoms with van der Waals surface area (Å²) in [5.74, 6) is 1.86. The number of para-hydroxylation sites is 3. The van der Waals surface area contributed by atoms with Crippen molar-refractivity contribution in [3.05, 3.63) is 146 Å². The summed E-state index contributed by atoms with van der Waals surface area (Å²) in [7, 11) is 2.10. The first-order valence-corrected chi connectivity index (χ1v) is 15.6. The monoisotopic (exact) mass is 589 g/mol. The number of pyridine rings is 1. The molecule has 10 aromatic rings. The molecule has 6 aromatic carbocycles. The third-order valence-electron chi connectivity index (χ3n) is 9.49. The molecule has 0 fully saturated rings. The topological polar surface area (TPSA) is 40.6 Å². The fourth-order valence-electron chi connectivity index (χ4n) is 7.42. The molecule has 5 nitrogen and oxygen atoms in total. The standard InChI is InChI=1S/C41H27N5/c1-44-36-15-7-5-13-34(36)43-41(44)27-18-20-32-33-21-17-26-10-2-3-11-29(26)40(33)45(37(32)24-27)28-19-22-31-30-12-4-6-14-35(30)46(38(31)25-28)39-16-8-9-23-42-39/h2-25H,1H3. The van der Waals surface area contributed by atoms with E-state index in [4.69, 9.17) is 9.97 Å². The molecular formula is C41H27N5. The van der Waals surface area contributed by atoms with E-state index in [0.717, 1.165) is 50.5 Å². The molecule has 0 aliphatic carbocycles. The minimum atomic E-state index is 0.905. The van der Waals surface area contributed by atoms with Gasteiger partial charge in [-0.05, 0) is 53.9 Å². The van der Waals surface area contributed by atoms with E-state index in [-0.39, 0.29) is 0 Å². The molecule has 0 saturated carbocycles. The van der Waals surface area contributed by atoms with Crippen molar-refractivity contribution < 1.29 is 0 Å². The van der Waals surface area contributed by atoms with Crippen LogP contribution in [0.25, 0.3) is 88.3 Å². The van der Waals surface area contributed by atoms with Gasteiger partial charge >= 0.3 is 0 Å². The molecule has 216 valence electrons. The Morgan fingerprint density at radius 1 is 0.500 bits per heavy atom. The summed E-state index contributed by atoms with van der Waals surface area (Å²) in [6.07, 6.45) is 1.86. The zero-order chi connectivity index (χ0) is 30.4. The number of aryl methyl sites for hydroxylation is 1. The lowest BCUT2D eigenvalue weighted by Gasteiger charge is -2.12. The lowest BCUT2D eigenvalue weighted by molar-refractivity contribution is 0.959. The Kier molecular flexibility index (Phi) is 5.14. The molecule has 0 N–H and O–H groups in total.